The number of hydrogen-bond donors (Lipinski definition) is 1. The Morgan fingerprint density at radius 1 is 0.467 bits per heavy atom. The molecule has 1 aliphatic heterocycles. The van der Waals surface area contributed by atoms with Crippen molar-refractivity contribution in [3.05, 3.63) is 48.6 Å². The Balaban J connectivity index is 2.97. The third-order valence-electron chi connectivity index (χ3n) is 12.7. The van der Waals surface area contributed by atoms with Crippen LogP contribution in [0.3, 0.4) is 0 Å². The molecule has 0 aromatic heterocycles. The molecule has 434 valence electrons. The smallest absolute Gasteiger partial charge is 0.407 e. The van der Waals surface area contributed by atoms with Gasteiger partial charge in [0, 0.05) is 58.8 Å². The van der Waals surface area contributed by atoms with E-state index in [1.807, 2.05) is 0 Å². The van der Waals surface area contributed by atoms with Crippen LogP contribution in [0.5, 0.6) is 0 Å². The predicted molar refractivity (Wildman–Crippen MR) is 301 cm³/mol. The largest absolute Gasteiger partial charge is 0.465 e. The van der Waals surface area contributed by atoms with Gasteiger partial charge in [-0.1, -0.05) is 102 Å². The van der Waals surface area contributed by atoms with Gasteiger partial charge in [-0.05, 0) is 148 Å². The monoisotopic (exact) mass is 1060 g/mol. The van der Waals surface area contributed by atoms with E-state index in [1.54, 1.807) is 0 Å². The van der Waals surface area contributed by atoms with E-state index in [1.165, 1.54) is 12.8 Å². The summed E-state index contributed by atoms with van der Waals surface area (Å²) in [4.78, 5) is 55.0. The molecule has 0 aliphatic carbocycles. The first kappa shape index (κ1) is 69.5. The van der Waals surface area contributed by atoms with Gasteiger partial charge in [-0.3, -0.25) is 14.4 Å². The minimum Gasteiger partial charge on any atom is -0.465 e. The molecular formula is C61H108N2O12. The molecule has 0 spiro atoms. The number of nitrogens with one attached hydrogen (secondary N) is 1. The molecule has 75 heavy (non-hydrogen) atoms. The van der Waals surface area contributed by atoms with Gasteiger partial charge in [-0.25, -0.2) is 4.79 Å². The Bertz CT molecular complexity index is 1360. The number of carbonyl (C=O) groups is 4. The van der Waals surface area contributed by atoms with Crippen LogP contribution in [-0.2, 0) is 52.3 Å². The SMILES string of the molecule is CC/C=C\CCCCOC(CCC(=O)OCC(COC(=O)CCC(CCCCCC)OC(=O)NCCN1CCCC1)COC(=O)CCC(OCCCC/C=C\CC)OCCCC/C=C\CC)OCCCC/C=C\CC. The maximum atomic E-state index is 13.3. The van der Waals surface area contributed by atoms with E-state index in [0.717, 1.165) is 148 Å². The molecule has 1 N–H and O–H groups in total. The van der Waals surface area contributed by atoms with Crippen LogP contribution < -0.4 is 5.32 Å². The van der Waals surface area contributed by atoms with Crippen molar-refractivity contribution in [2.45, 2.75) is 240 Å². The van der Waals surface area contributed by atoms with Gasteiger partial charge >= 0.3 is 24.0 Å². The summed E-state index contributed by atoms with van der Waals surface area (Å²) in [5.41, 5.74) is 0. The molecule has 1 aliphatic rings. The lowest BCUT2D eigenvalue weighted by Gasteiger charge is -2.21. The highest BCUT2D eigenvalue weighted by molar-refractivity contribution is 5.70. The van der Waals surface area contributed by atoms with Crippen molar-refractivity contribution in [3.63, 3.8) is 0 Å². The van der Waals surface area contributed by atoms with E-state index < -0.39 is 48.6 Å². The van der Waals surface area contributed by atoms with Crippen molar-refractivity contribution in [3.8, 4) is 0 Å². The van der Waals surface area contributed by atoms with E-state index in [2.05, 4.69) is 93.4 Å². The van der Waals surface area contributed by atoms with Gasteiger partial charge in [0.25, 0.3) is 0 Å². The molecule has 1 fully saturated rings. The molecule has 0 radical (unpaired) electrons. The first-order valence-corrected chi connectivity index (χ1v) is 29.9. The number of alkyl carbamates (subject to hydrolysis) is 1. The number of ether oxygens (including phenoxy) is 8. The summed E-state index contributed by atoms with van der Waals surface area (Å²) in [7, 11) is 0. The number of carbonyl (C=O) groups excluding carboxylic acids is 4. The highest BCUT2D eigenvalue weighted by atomic mass is 16.7. The lowest BCUT2D eigenvalue weighted by molar-refractivity contribution is -0.164. The topological polar surface area (TPSA) is 157 Å². The fraction of sp³-hybridized carbons (Fsp3) is 0.803. The zero-order valence-electron chi connectivity index (χ0n) is 48.1. The summed E-state index contributed by atoms with van der Waals surface area (Å²) in [5.74, 6) is -2.01. The number of unbranched alkanes of at least 4 members (excludes halogenated alkanes) is 11. The van der Waals surface area contributed by atoms with Crippen LogP contribution in [0.15, 0.2) is 48.6 Å². The van der Waals surface area contributed by atoms with Gasteiger partial charge in [0.15, 0.2) is 12.6 Å². The van der Waals surface area contributed by atoms with E-state index in [9.17, 15) is 19.2 Å². The molecule has 0 bridgehead atoms. The molecule has 1 amide bonds. The quantitative estimate of drug-likeness (QED) is 0.0202. The molecule has 0 aromatic rings. The van der Waals surface area contributed by atoms with Crippen molar-refractivity contribution < 1.29 is 57.1 Å². The molecule has 1 atom stereocenters. The van der Waals surface area contributed by atoms with Crippen LogP contribution in [0.4, 0.5) is 4.79 Å². The van der Waals surface area contributed by atoms with Crippen molar-refractivity contribution in [2.75, 3.05) is 72.4 Å². The minimum absolute atomic E-state index is 0.0321. The maximum absolute atomic E-state index is 13.3. The second kappa shape index (κ2) is 52.5. The Hall–Kier alpha value is -3.56. The highest BCUT2D eigenvalue weighted by Gasteiger charge is 2.22. The molecule has 14 nitrogen and oxygen atoms in total. The zero-order chi connectivity index (χ0) is 54.5. The predicted octanol–water partition coefficient (Wildman–Crippen LogP) is 14.0. The average Bonchev–Trinajstić information content (AvgIpc) is 3.94. The fourth-order valence-electron chi connectivity index (χ4n) is 8.20. The van der Waals surface area contributed by atoms with Gasteiger partial charge < -0.3 is 48.1 Å². The van der Waals surface area contributed by atoms with E-state index in [-0.39, 0.29) is 39.1 Å². The van der Waals surface area contributed by atoms with E-state index >= 15 is 0 Å². The third-order valence-corrected chi connectivity index (χ3v) is 12.7. The number of nitrogens with zero attached hydrogens (tertiary/aromatic N) is 1. The second-order valence-electron chi connectivity index (χ2n) is 19.7. The molecular weight excluding hydrogens is 953 g/mol. The molecule has 0 saturated carbocycles. The number of hydrogen-bond acceptors (Lipinski definition) is 13. The number of likely N-dealkylation sites (tertiary alicyclic amines) is 1. The first-order chi connectivity index (χ1) is 36.7. The van der Waals surface area contributed by atoms with Crippen molar-refractivity contribution in [1.29, 1.82) is 0 Å². The fourth-order valence-corrected chi connectivity index (χ4v) is 8.20. The Morgan fingerprint density at radius 3 is 1.25 bits per heavy atom. The Labute approximate surface area is 456 Å². The first-order valence-electron chi connectivity index (χ1n) is 29.9. The summed E-state index contributed by atoms with van der Waals surface area (Å²) in [6.07, 6.45) is 39.3. The summed E-state index contributed by atoms with van der Waals surface area (Å²) in [6.45, 7) is 15.8. The lowest BCUT2D eigenvalue weighted by Crippen LogP contribution is -2.35. The summed E-state index contributed by atoms with van der Waals surface area (Å²) in [5, 5.41) is 2.88. The van der Waals surface area contributed by atoms with Gasteiger partial charge in [-0.15, -0.1) is 0 Å². The number of rotatable bonds is 52. The number of esters is 3. The zero-order valence-corrected chi connectivity index (χ0v) is 48.1. The van der Waals surface area contributed by atoms with Crippen LogP contribution in [0.25, 0.3) is 0 Å². The van der Waals surface area contributed by atoms with Crippen LogP contribution >= 0.6 is 0 Å². The van der Waals surface area contributed by atoms with E-state index in [0.29, 0.717) is 58.7 Å². The highest BCUT2D eigenvalue weighted by Crippen LogP contribution is 2.17. The van der Waals surface area contributed by atoms with Gasteiger partial charge in [-0.2, -0.15) is 0 Å². The van der Waals surface area contributed by atoms with E-state index in [4.69, 9.17) is 37.9 Å². The van der Waals surface area contributed by atoms with Crippen LogP contribution in [0.1, 0.15) is 221 Å². The molecule has 14 heteroatoms. The summed E-state index contributed by atoms with van der Waals surface area (Å²) < 4.78 is 47.6. The van der Waals surface area contributed by atoms with Gasteiger partial charge in [0.05, 0.1) is 18.8 Å². The number of allylic oxidation sites excluding steroid dienone is 8. The van der Waals surface area contributed by atoms with Crippen molar-refractivity contribution in [1.82, 2.24) is 10.2 Å². The summed E-state index contributed by atoms with van der Waals surface area (Å²) >= 11 is 0. The third kappa shape index (κ3) is 45.2. The minimum atomic E-state index is -0.622. The molecule has 1 saturated heterocycles. The van der Waals surface area contributed by atoms with Crippen LogP contribution in [0, 0.1) is 5.92 Å². The average molecular weight is 1060 g/mol. The summed E-state index contributed by atoms with van der Waals surface area (Å²) in [6, 6.07) is 0. The van der Waals surface area contributed by atoms with Crippen molar-refractivity contribution in [2.24, 2.45) is 5.92 Å². The Morgan fingerprint density at radius 2 is 0.867 bits per heavy atom. The Kier molecular flexibility index (Phi) is 48.6. The van der Waals surface area contributed by atoms with Crippen LogP contribution in [0.2, 0.25) is 0 Å². The molecule has 1 unspecified atom stereocenters. The molecule has 0 aromatic carbocycles. The number of amides is 1. The molecule has 1 rings (SSSR count). The van der Waals surface area contributed by atoms with Crippen molar-refractivity contribution >= 4 is 24.0 Å². The normalized spacial score (nSPS) is 13.7. The van der Waals surface area contributed by atoms with Crippen LogP contribution in [-0.4, -0.2) is 120 Å². The lowest BCUT2D eigenvalue weighted by atomic mass is 10.1. The molecule has 1 heterocycles. The van der Waals surface area contributed by atoms with Gasteiger partial charge in [0.1, 0.15) is 25.9 Å². The maximum Gasteiger partial charge on any atom is 0.407 e. The second-order valence-corrected chi connectivity index (χ2v) is 19.7. The van der Waals surface area contributed by atoms with Gasteiger partial charge in [0.2, 0.25) is 0 Å². The standard InChI is InChI=1S/C61H108N2O12/c1-6-11-16-21-25-32-47-68-59(69-48-33-26-22-17-12-7-2)41-39-57(65)73-52-54(51-72-56(64)38-37-55(36-29-20-15-10-5)75-61(67)62-43-46-63-44-30-31-45-63)53-74-58(66)40-42-60(70-49-34-27-23-18-13-8-3)71-50-35-28-24-19-14-9-4/h11-14,16-19,54-55,59-60H,6-10,15,20-53H2,1-5H3,(H,62,67)/b16-11-,17-12-,18-13-,19-14-.